The molecule has 0 saturated carbocycles. The highest BCUT2D eigenvalue weighted by molar-refractivity contribution is 7.22. The van der Waals surface area contributed by atoms with E-state index in [1.54, 1.807) is 11.0 Å². The molecule has 158 valence electrons. The first kappa shape index (κ1) is 20.7. The van der Waals surface area contributed by atoms with E-state index >= 15 is 0 Å². The number of amides is 1. The van der Waals surface area contributed by atoms with E-state index in [0.29, 0.717) is 47.4 Å². The molecule has 1 aliphatic rings. The second-order valence-electron chi connectivity index (χ2n) is 7.21. The third kappa shape index (κ3) is 5.13. The van der Waals surface area contributed by atoms with Crippen LogP contribution in [0.15, 0.2) is 42.5 Å². The van der Waals surface area contributed by atoms with Crippen LogP contribution < -0.4 is 9.64 Å². The molecule has 8 heteroatoms. The summed E-state index contributed by atoms with van der Waals surface area (Å²) in [5, 5.41) is 0.557. The number of aryl methyl sites for hydroxylation is 1. The van der Waals surface area contributed by atoms with Gasteiger partial charge in [0.2, 0.25) is 0 Å². The van der Waals surface area contributed by atoms with Crippen LogP contribution in [0.3, 0.4) is 0 Å². The molecule has 1 amide bonds. The number of morpholine rings is 1. The van der Waals surface area contributed by atoms with Gasteiger partial charge in [-0.05, 0) is 42.8 Å². The number of benzene rings is 2. The average Bonchev–Trinajstić information content (AvgIpc) is 3.16. The summed E-state index contributed by atoms with van der Waals surface area (Å²) in [5.74, 6) is 0.166. The lowest BCUT2D eigenvalue weighted by Gasteiger charge is -2.29. The van der Waals surface area contributed by atoms with Gasteiger partial charge in [0.05, 0.1) is 23.4 Å². The Morgan fingerprint density at radius 2 is 2.10 bits per heavy atom. The molecule has 0 radical (unpaired) electrons. The van der Waals surface area contributed by atoms with Gasteiger partial charge in [0, 0.05) is 26.2 Å². The Bertz CT molecular complexity index is 1020. The summed E-state index contributed by atoms with van der Waals surface area (Å²) in [6.45, 7) is 6.16. The van der Waals surface area contributed by atoms with Crippen molar-refractivity contribution in [1.29, 1.82) is 0 Å². The topological polar surface area (TPSA) is 54.9 Å². The lowest BCUT2D eigenvalue weighted by atomic mass is 10.2. The zero-order valence-corrected chi connectivity index (χ0v) is 17.7. The van der Waals surface area contributed by atoms with E-state index < -0.39 is 0 Å². The van der Waals surface area contributed by atoms with Crippen molar-refractivity contribution in [1.82, 2.24) is 9.88 Å². The number of thiazole rings is 1. The maximum absolute atomic E-state index is 13.6. The molecule has 3 aromatic rings. The molecule has 4 rings (SSSR count). The van der Waals surface area contributed by atoms with Gasteiger partial charge >= 0.3 is 0 Å². The number of hydrogen-bond donors (Lipinski definition) is 0. The van der Waals surface area contributed by atoms with E-state index in [-0.39, 0.29) is 18.3 Å². The molecule has 1 aromatic heterocycles. The number of ether oxygens (including phenoxy) is 2. The third-order valence-corrected chi connectivity index (χ3v) is 6.01. The fourth-order valence-corrected chi connectivity index (χ4v) is 4.36. The van der Waals surface area contributed by atoms with Crippen molar-refractivity contribution < 1.29 is 18.7 Å². The van der Waals surface area contributed by atoms with Gasteiger partial charge in [0.25, 0.3) is 5.91 Å². The predicted molar refractivity (Wildman–Crippen MR) is 116 cm³/mol. The van der Waals surface area contributed by atoms with Crippen LogP contribution in [-0.4, -0.2) is 61.8 Å². The van der Waals surface area contributed by atoms with Crippen LogP contribution in [0.2, 0.25) is 0 Å². The van der Waals surface area contributed by atoms with Crippen molar-refractivity contribution in [2.75, 3.05) is 50.9 Å². The van der Waals surface area contributed by atoms with Crippen molar-refractivity contribution >= 4 is 32.6 Å². The Labute approximate surface area is 178 Å². The Balaban J connectivity index is 1.51. The van der Waals surface area contributed by atoms with Crippen LogP contribution in [0.5, 0.6) is 5.75 Å². The molecule has 6 nitrogen and oxygen atoms in total. The predicted octanol–water partition coefficient (Wildman–Crippen LogP) is 3.49. The highest BCUT2D eigenvalue weighted by atomic mass is 32.1. The second-order valence-corrected chi connectivity index (χ2v) is 8.22. The molecule has 30 heavy (non-hydrogen) atoms. The van der Waals surface area contributed by atoms with Gasteiger partial charge in [0.15, 0.2) is 11.7 Å². The summed E-state index contributed by atoms with van der Waals surface area (Å²) in [7, 11) is 0. The Morgan fingerprint density at radius 3 is 2.90 bits per heavy atom. The highest BCUT2D eigenvalue weighted by Gasteiger charge is 2.22. The monoisotopic (exact) mass is 429 g/mol. The Morgan fingerprint density at radius 1 is 1.27 bits per heavy atom. The van der Waals surface area contributed by atoms with Crippen LogP contribution in [0, 0.1) is 12.7 Å². The number of hydrogen-bond acceptors (Lipinski definition) is 6. The summed E-state index contributed by atoms with van der Waals surface area (Å²) in [6.07, 6.45) is 0. The number of anilines is 1. The van der Waals surface area contributed by atoms with E-state index in [2.05, 4.69) is 9.88 Å². The normalized spacial score (nSPS) is 14.7. The first-order valence-electron chi connectivity index (χ1n) is 9.94. The van der Waals surface area contributed by atoms with Crippen molar-refractivity contribution in [3.63, 3.8) is 0 Å². The van der Waals surface area contributed by atoms with Gasteiger partial charge in [-0.15, -0.1) is 0 Å². The van der Waals surface area contributed by atoms with Crippen molar-refractivity contribution in [3.05, 3.63) is 53.8 Å². The molecule has 1 saturated heterocycles. The highest BCUT2D eigenvalue weighted by Crippen LogP contribution is 2.29. The number of carbonyl (C=O) groups is 1. The number of rotatable bonds is 7. The first-order chi connectivity index (χ1) is 14.6. The Kier molecular flexibility index (Phi) is 6.56. The smallest absolute Gasteiger partial charge is 0.266 e. The zero-order valence-electron chi connectivity index (χ0n) is 16.8. The molecule has 2 heterocycles. The maximum Gasteiger partial charge on any atom is 0.266 e. The molecule has 0 spiro atoms. The molecule has 0 N–H and O–H groups in total. The molecule has 0 unspecified atom stereocenters. The van der Waals surface area contributed by atoms with Crippen LogP contribution in [0.4, 0.5) is 9.52 Å². The van der Waals surface area contributed by atoms with Crippen LogP contribution in [0.25, 0.3) is 10.2 Å². The van der Waals surface area contributed by atoms with Gasteiger partial charge < -0.3 is 9.47 Å². The fraction of sp³-hybridized carbons (Fsp3) is 0.364. The SMILES string of the molecule is Cc1cccc(OCC(=O)N(CCN2CCOCC2)c2nc3ccc(F)cc3s2)c1. The van der Waals surface area contributed by atoms with Gasteiger partial charge in [-0.25, -0.2) is 9.37 Å². The van der Waals surface area contributed by atoms with Crippen molar-refractivity contribution in [2.45, 2.75) is 6.92 Å². The molecule has 0 aliphatic carbocycles. The Hall–Kier alpha value is -2.55. The van der Waals surface area contributed by atoms with Gasteiger partial charge in [-0.1, -0.05) is 23.5 Å². The summed E-state index contributed by atoms with van der Waals surface area (Å²) >= 11 is 1.31. The first-order valence-corrected chi connectivity index (χ1v) is 10.8. The lowest BCUT2D eigenvalue weighted by molar-refractivity contribution is -0.120. The molecular formula is C22H24FN3O3S. The molecule has 2 aromatic carbocycles. The summed E-state index contributed by atoms with van der Waals surface area (Å²) in [4.78, 5) is 21.5. The van der Waals surface area contributed by atoms with Crippen molar-refractivity contribution in [2.24, 2.45) is 0 Å². The average molecular weight is 430 g/mol. The number of carbonyl (C=O) groups excluding carboxylic acids is 1. The minimum atomic E-state index is -0.313. The standard InChI is InChI=1S/C22H24FN3O3S/c1-16-3-2-4-18(13-16)29-15-21(27)26(8-7-25-9-11-28-12-10-25)22-24-19-6-5-17(23)14-20(19)30-22/h2-6,13-14H,7-12,15H2,1H3. The molecule has 0 bridgehead atoms. The van der Waals surface area contributed by atoms with Gasteiger partial charge in [-0.2, -0.15) is 0 Å². The summed E-state index contributed by atoms with van der Waals surface area (Å²) < 4.78 is 25.4. The minimum absolute atomic E-state index is 0.0865. The zero-order chi connectivity index (χ0) is 20.9. The quantitative estimate of drug-likeness (QED) is 0.576. The minimum Gasteiger partial charge on any atom is -0.484 e. The maximum atomic E-state index is 13.6. The summed E-state index contributed by atoms with van der Waals surface area (Å²) in [6, 6.07) is 12.1. The van der Waals surface area contributed by atoms with E-state index in [1.807, 2.05) is 31.2 Å². The van der Waals surface area contributed by atoms with Crippen LogP contribution in [-0.2, 0) is 9.53 Å². The fourth-order valence-electron chi connectivity index (χ4n) is 3.32. The summed E-state index contributed by atoms with van der Waals surface area (Å²) in [5.41, 5.74) is 1.75. The van der Waals surface area contributed by atoms with Gasteiger partial charge in [-0.3, -0.25) is 14.6 Å². The van der Waals surface area contributed by atoms with Crippen molar-refractivity contribution in [3.8, 4) is 5.75 Å². The molecule has 0 atom stereocenters. The van der Waals surface area contributed by atoms with E-state index in [9.17, 15) is 9.18 Å². The number of fused-ring (bicyclic) bond motifs is 1. The van der Waals surface area contributed by atoms with E-state index in [4.69, 9.17) is 9.47 Å². The number of halogens is 1. The van der Waals surface area contributed by atoms with E-state index in [0.717, 1.165) is 18.7 Å². The number of aromatic nitrogens is 1. The van der Waals surface area contributed by atoms with E-state index in [1.165, 1.54) is 23.5 Å². The molecule has 1 aliphatic heterocycles. The largest absolute Gasteiger partial charge is 0.484 e. The molecule has 1 fully saturated rings. The van der Waals surface area contributed by atoms with Crippen LogP contribution >= 0.6 is 11.3 Å². The molecular weight excluding hydrogens is 405 g/mol. The lowest BCUT2D eigenvalue weighted by Crippen LogP contribution is -2.44. The second kappa shape index (κ2) is 9.51. The van der Waals surface area contributed by atoms with Crippen LogP contribution in [0.1, 0.15) is 5.56 Å². The van der Waals surface area contributed by atoms with Gasteiger partial charge in [0.1, 0.15) is 11.6 Å². The third-order valence-electron chi connectivity index (χ3n) is 4.97. The number of nitrogens with zero attached hydrogens (tertiary/aromatic N) is 3.